The largest absolute Gasteiger partial charge is 0.367 e. The Hall–Kier alpha value is -3.22. The molecule has 0 fully saturated rings. The van der Waals surface area contributed by atoms with Crippen molar-refractivity contribution in [3.8, 4) is 0 Å². The number of nitrogens with zero attached hydrogens (tertiary/aromatic N) is 1. The minimum absolute atomic E-state index is 0.0924. The van der Waals surface area contributed by atoms with Crippen molar-refractivity contribution < 1.29 is 9.90 Å². The van der Waals surface area contributed by atoms with Gasteiger partial charge in [-0.15, -0.1) is 0 Å². The molecule has 28 heavy (non-hydrogen) atoms. The molecule has 3 aromatic rings. The normalized spacial score (nSPS) is 18.7. The summed E-state index contributed by atoms with van der Waals surface area (Å²) in [5, 5.41) is 20.3. The van der Waals surface area contributed by atoms with Gasteiger partial charge in [0.15, 0.2) is 10.9 Å². The molecule has 1 unspecified atom stereocenters. The first-order chi connectivity index (χ1) is 13.5. The van der Waals surface area contributed by atoms with E-state index in [1.54, 1.807) is 6.08 Å². The van der Waals surface area contributed by atoms with Crippen LogP contribution in [0.25, 0.3) is 16.3 Å². The summed E-state index contributed by atoms with van der Waals surface area (Å²) < 4.78 is 0. The second kappa shape index (κ2) is 7.07. The Bertz CT molecular complexity index is 1180. The van der Waals surface area contributed by atoms with Crippen LogP contribution in [0.15, 0.2) is 71.6 Å². The smallest absolute Gasteiger partial charge is 0.272 e. The molecule has 1 atom stereocenters. The van der Waals surface area contributed by atoms with Crippen molar-refractivity contribution >= 4 is 33.9 Å². The number of aromatic nitrogens is 2. The summed E-state index contributed by atoms with van der Waals surface area (Å²) in [5.74, 6) is -0.486. The lowest BCUT2D eigenvalue weighted by molar-refractivity contribution is 0.0463. The summed E-state index contributed by atoms with van der Waals surface area (Å²) >= 11 is 6.03. The van der Waals surface area contributed by atoms with Gasteiger partial charge in [-0.1, -0.05) is 54.1 Å². The molecule has 3 N–H and O–H groups in total. The van der Waals surface area contributed by atoms with Crippen molar-refractivity contribution in [2.45, 2.75) is 12.1 Å². The van der Waals surface area contributed by atoms with Crippen LogP contribution in [0.2, 0.25) is 5.15 Å². The van der Waals surface area contributed by atoms with Crippen LogP contribution in [0, 0.1) is 0 Å². The third kappa shape index (κ3) is 3.47. The number of aliphatic hydroxyl groups is 1. The Morgan fingerprint density at radius 1 is 1.18 bits per heavy atom. The van der Waals surface area contributed by atoms with Crippen LogP contribution < -0.4 is 10.9 Å². The second-order valence-electron chi connectivity index (χ2n) is 6.55. The SMILES string of the molecule is O=C(NC1(O)C=C(c2ccccc2)C=CC1)c1ccc2c(=O)[nH]nc(Cl)c2c1. The van der Waals surface area contributed by atoms with Gasteiger partial charge in [-0.3, -0.25) is 9.59 Å². The predicted molar refractivity (Wildman–Crippen MR) is 108 cm³/mol. The lowest BCUT2D eigenvalue weighted by Gasteiger charge is -2.28. The summed E-state index contributed by atoms with van der Waals surface area (Å²) in [6.07, 6.45) is 5.58. The minimum Gasteiger partial charge on any atom is -0.367 e. The molecule has 0 spiro atoms. The number of allylic oxidation sites excluding steroid dienone is 2. The van der Waals surface area contributed by atoms with Crippen molar-refractivity contribution in [2.75, 3.05) is 0 Å². The highest BCUT2D eigenvalue weighted by Gasteiger charge is 2.28. The molecule has 0 bridgehead atoms. The van der Waals surface area contributed by atoms with Crippen LogP contribution in [-0.4, -0.2) is 26.9 Å². The van der Waals surface area contributed by atoms with E-state index in [2.05, 4.69) is 15.5 Å². The van der Waals surface area contributed by atoms with Crippen LogP contribution in [0.4, 0.5) is 0 Å². The Kier molecular flexibility index (Phi) is 4.58. The molecular formula is C21H16ClN3O3. The summed E-state index contributed by atoms with van der Waals surface area (Å²) in [6.45, 7) is 0. The lowest BCUT2D eigenvalue weighted by Crippen LogP contribution is -2.47. The number of carbonyl (C=O) groups excluding carboxylic acids is 1. The zero-order valence-electron chi connectivity index (χ0n) is 14.6. The highest BCUT2D eigenvalue weighted by molar-refractivity contribution is 6.34. The average molecular weight is 394 g/mol. The van der Waals surface area contributed by atoms with Crippen LogP contribution in [0.5, 0.6) is 0 Å². The fraction of sp³-hybridized carbons (Fsp3) is 0.0952. The first-order valence-electron chi connectivity index (χ1n) is 8.63. The Labute approximate surface area is 165 Å². The van der Waals surface area contributed by atoms with Crippen LogP contribution >= 0.6 is 11.6 Å². The standard InChI is InChI=1S/C21H16ClN3O3/c22-18-17-11-14(8-9-16(17)20(27)25-24-18)19(26)23-21(28)10-4-7-15(12-21)13-5-2-1-3-6-13/h1-9,11-12,28H,10H2,(H,23,26)(H,25,27). The molecular weight excluding hydrogens is 378 g/mol. The van der Waals surface area contributed by atoms with Crippen molar-refractivity contribution in [1.29, 1.82) is 0 Å². The quantitative estimate of drug-likeness (QED) is 0.596. The molecule has 7 heteroatoms. The topological polar surface area (TPSA) is 95.1 Å². The van der Waals surface area contributed by atoms with Gasteiger partial charge in [0.05, 0.1) is 5.39 Å². The lowest BCUT2D eigenvalue weighted by atomic mass is 9.94. The molecule has 6 nitrogen and oxygen atoms in total. The van der Waals surface area contributed by atoms with Crippen molar-refractivity contribution in [2.24, 2.45) is 0 Å². The molecule has 0 saturated heterocycles. The van der Waals surface area contributed by atoms with E-state index in [-0.39, 0.29) is 17.1 Å². The molecule has 1 heterocycles. The number of carbonyl (C=O) groups is 1. The van der Waals surface area contributed by atoms with Gasteiger partial charge in [0.2, 0.25) is 0 Å². The van der Waals surface area contributed by atoms with Gasteiger partial charge in [-0.05, 0) is 35.4 Å². The summed E-state index contributed by atoms with van der Waals surface area (Å²) in [4.78, 5) is 24.5. The molecule has 0 saturated carbocycles. The molecule has 4 rings (SSSR count). The Balaban J connectivity index is 1.64. The number of halogens is 1. The molecule has 0 radical (unpaired) electrons. The van der Waals surface area contributed by atoms with Gasteiger partial charge in [-0.2, -0.15) is 5.10 Å². The van der Waals surface area contributed by atoms with Crippen LogP contribution in [0.3, 0.4) is 0 Å². The van der Waals surface area contributed by atoms with E-state index in [9.17, 15) is 14.7 Å². The molecule has 140 valence electrons. The second-order valence-corrected chi connectivity index (χ2v) is 6.91. The zero-order chi connectivity index (χ0) is 19.7. The zero-order valence-corrected chi connectivity index (χ0v) is 15.4. The number of aromatic amines is 1. The highest BCUT2D eigenvalue weighted by atomic mass is 35.5. The van der Waals surface area contributed by atoms with Gasteiger partial charge < -0.3 is 10.4 Å². The molecule has 1 aliphatic rings. The number of hydrogen-bond donors (Lipinski definition) is 3. The first-order valence-corrected chi connectivity index (χ1v) is 9.01. The van der Waals surface area contributed by atoms with Crippen molar-refractivity contribution in [3.05, 3.63) is 93.4 Å². The van der Waals surface area contributed by atoms with E-state index in [0.29, 0.717) is 10.8 Å². The third-order valence-corrected chi connectivity index (χ3v) is 4.85. The maximum Gasteiger partial charge on any atom is 0.272 e. The van der Waals surface area contributed by atoms with Gasteiger partial charge in [0.25, 0.3) is 11.5 Å². The molecule has 2 aromatic carbocycles. The third-order valence-electron chi connectivity index (χ3n) is 4.56. The average Bonchev–Trinajstić information content (AvgIpc) is 2.71. The van der Waals surface area contributed by atoms with E-state index in [1.165, 1.54) is 18.2 Å². The van der Waals surface area contributed by atoms with E-state index < -0.39 is 17.2 Å². The summed E-state index contributed by atoms with van der Waals surface area (Å²) in [6, 6.07) is 14.1. The fourth-order valence-electron chi connectivity index (χ4n) is 3.17. The molecule has 0 aliphatic heterocycles. The number of nitrogens with one attached hydrogen (secondary N) is 2. The van der Waals surface area contributed by atoms with E-state index in [0.717, 1.165) is 11.1 Å². The number of hydrogen-bond acceptors (Lipinski definition) is 4. The van der Waals surface area contributed by atoms with Crippen molar-refractivity contribution in [1.82, 2.24) is 15.5 Å². The van der Waals surface area contributed by atoms with Crippen LogP contribution in [-0.2, 0) is 0 Å². The molecule has 1 amide bonds. The molecule has 1 aromatic heterocycles. The van der Waals surface area contributed by atoms with E-state index >= 15 is 0 Å². The predicted octanol–water partition coefficient (Wildman–Crippen LogP) is 3.04. The van der Waals surface area contributed by atoms with E-state index in [4.69, 9.17) is 11.6 Å². The summed E-state index contributed by atoms with van der Waals surface area (Å²) in [7, 11) is 0. The van der Waals surface area contributed by atoms with Gasteiger partial charge in [0, 0.05) is 17.4 Å². The van der Waals surface area contributed by atoms with Crippen LogP contribution in [0.1, 0.15) is 22.3 Å². The maximum atomic E-state index is 12.7. The number of benzene rings is 2. The Morgan fingerprint density at radius 3 is 2.75 bits per heavy atom. The number of H-pyrrole nitrogens is 1. The fourth-order valence-corrected chi connectivity index (χ4v) is 3.37. The van der Waals surface area contributed by atoms with E-state index in [1.807, 2.05) is 42.5 Å². The molecule has 1 aliphatic carbocycles. The highest BCUT2D eigenvalue weighted by Crippen LogP contribution is 2.27. The monoisotopic (exact) mass is 393 g/mol. The van der Waals surface area contributed by atoms with Gasteiger partial charge in [0.1, 0.15) is 0 Å². The minimum atomic E-state index is -1.53. The Morgan fingerprint density at radius 2 is 1.96 bits per heavy atom. The first kappa shape index (κ1) is 18.2. The van der Waals surface area contributed by atoms with Gasteiger partial charge in [-0.25, -0.2) is 5.10 Å². The van der Waals surface area contributed by atoms with Crippen molar-refractivity contribution in [3.63, 3.8) is 0 Å². The number of fused-ring (bicyclic) bond motifs is 1. The maximum absolute atomic E-state index is 12.7. The number of amides is 1. The van der Waals surface area contributed by atoms with Gasteiger partial charge >= 0.3 is 0 Å². The summed E-state index contributed by atoms with van der Waals surface area (Å²) in [5.41, 5.74) is 0.0976. The number of rotatable bonds is 3.